The van der Waals surface area contributed by atoms with E-state index >= 15 is 0 Å². The summed E-state index contributed by atoms with van der Waals surface area (Å²) in [6.07, 6.45) is -0.0567. The van der Waals surface area contributed by atoms with E-state index in [4.69, 9.17) is 0 Å². The van der Waals surface area contributed by atoms with E-state index in [9.17, 15) is 18.0 Å². The molecule has 0 heterocycles. The van der Waals surface area contributed by atoms with E-state index in [2.05, 4.69) is 0 Å². The summed E-state index contributed by atoms with van der Waals surface area (Å²) >= 11 is 1.86. The second-order valence-corrected chi connectivity index (χ2v) is 5.13. The van der Waals surface area contributed by atoms with E-state index in [1.165, 1.54) is 24.3 Å². The van der Waals surface area contributed by atoms with Gasteiger partial charge in [-0.2, -0.15) is 0 Å². The lowest BCUT2D eigenvalue weighted by atomic mass is 10.0. The van der Waals surface area contributed by atoms with Gasteiger partial charge < -0.3 is 0 Å². The van der Waals surface area contributed by atoms with Crippen molar-refractivity contribution >= 4 is 28.4 Å². The Morgan fingerprint density at radius 2 is 1.74 bits per heavy atom. The number of benzene rings is 2. The second-order valence-electron chi connectivity index (χ2n) is 3.97. The fourth-order valence-corrected chi connectivity index (χ4v) is 2.42. The number of halogens is 4. The molecule has 0 aliphatic heterocycles. The third-order valence-corrected chi connectivity index (χ3v) is 3.47. The van der Waals surface area contributed by atoms with Crippen LogP contribution in [-0.2, 0) is 6.42 Å². The Hall–Kier alpha value is -1.37. The van der Waals surface area contributed by atoms with Crippen molar-refractivity contribution in [3.8, 4) is 0 Å². The second kappa shape index (κ2) is 5.73. The fraction of sp³-hybridized carbons (Fsp3) is 0.0714. The Morgan fingerprint density at radius 1 is 1.00 bits per heavy atom. The van der Waals surface area contributed by atoms with Crippen LogP contribution in [0.2, 0.25) is 0 Å². The average Bonchev–Trinajstić information content (AvgIpc) is 2.33. The van der Waals surface area contributed by atoms with Crippen LogP contribution in [0.3, 0.4) is 0 Å². The van der Waals surface area contributed by atoms with Crippen LogP contribution in [0, 0.1) is 21.0 Å². The van der Waals surface area contributed by atoms with Gasteiger partial charge in [0, 0.05) is 15.6 Å². The van der Waals surface area contributed by atoms with Crippen molar-refractivity contribution in [3.63, 3.8) is 0 Å². The van der Waals surface area contributed by atoms with Crippen molar-refractivity contribution < 1.29 is 18.0 Å². The van der Waals surface area contributed by atoms with Crippen LogP contribution in [0.4, 0.5) is 13.2 Å². The van der Waals surface area contributed by atoms with Crippen molar-refractivity contribution in [1.29, 1.82) is 0 Å². The highest BCUT2D eigenvalue weighted by Gasteiger charge is 2.12. The molecule has 2 aromatic carbocycles. The van der Waals surface area contributed by atoms with E-state index in [0.29, 0.717) is 14.7 Å². The summed E-state index contributed by atoms with van der Waals surface area (Å²) in [5, 5.41) is 0. The molecule has 0 aromatic heterocycles. The zero-order valence-corrected chi connectivity index (χ0v) is 11.7. The van der Waals surface area contributed by atoms with Gasteiger partial charge in [0.2, 0.25) is 0 Å². The zero-order valence-electron chi connectivity index (χ0n) is 9.59. The first kappa shape index (κ1) is 14.0. The van der Waals surface area contributed by atoms with Crippen LogP contribution in [0.25, 0.3) is 0 Å². The highest BCUT2D eigenvalue weighted by atomic mass is 127. The van der Waals surface area contributed by atoms with Gasteiger partial charge in [-0.25, -0.2) is 13.2 Å². The van der Waals surface area contributed by atoms with Crippen molar-refractivity contribution in [3.05, 3.63) is 68.5 Å². The molecule has 0 aliphatic rings. The highest BCUT2D eigenvalue weighted by molar-refractivity contribution is 14.1. The summed E-state index contributed by atoms with van der Waals surface area (Å²) in [5.74, 6) is -2.63. The Labute approximate surface area is 121 Å². The minimum absolute atomic E-state index is 0.0567. The first-order valence-electron chi connectivity index (χ1n) is 5.39. The molecule has 19 heavy (non-hydrogen) atoms. The molecule has 0 amide bonds. The monoisotopic (exact) mass is 376 g/mol. The number of Topliss-reactive ketones (excluding diaryl/α,β-unsaturated/α-hetero) is 1. The van der Waals surface area contributed by atoms with Crippen LogP contribution in [-0.4, -0.2) is 5.78 Å². The molecule has 0 radical (unpaired) electrons. The van der Waals surface area contributed by atoms with Crippen molar-refractivity contribution in [2.24, 2.45) is 0 Å². The number of hydrogen-bond acceptors (Lipinski definition) is 1. The number of ketones is 1. The topological polar surface area (TPSA) is 17.1 Å². The van der Waals surface area contributed by atoms with Crippen molar-refractivity contribution in [2.75, 3.05) is 0 Å². The minimum Gasteiger partial charge on any atom is -0.294 e. The van der Waals surface area contributed by atoms with Crippen LogP contribution in [0.5, 0.6) is 0 Å². The van der Waals surface area contributed by atoms with Gasteiger partial charge in [0.15, 0.2) is 17.4 Å². The van der Waals surface area contributed by atoms with Gasteiger partial charge in [0.05, 0.1) is 0 Å². The molecule has 0 bridgehead atoms. The van der Waals surface area contributed by atoms with E-state index in [1.807, 2.05) is 22.6 Å². The summed E-state index contributed by atoms with van der Waals surface area (Å²) in [6.45, 7) is 0. The van der Waals surface area contributed by atoms with Crippen LogP contribution in [0.1, 0.15) is 15.9 Å². The Balaban J connectivity index is 2.23. The van der Waals surface area contributed by atoms with Crippen LogP contribution < -0.4 is 0 Å². The third-order valence-electron chi connectivity index (χ3n) is 2.58. The quantitative estimate of drug-likeness (QED) is 0.582. The van der Waals surface area contributed by atoms with Gasteiger partial charge in [-0.05, 0) is 58.5 Å². The van der Waals surface area contributed by atoms with Crippen LogP contribution in [0.15, 0.2) is 36.4 Å². The summed E-state index contributed by atoms with van der Waals surface area (Å²) in [7, 11) is 0. The normalized spacial score (nSPS) is 10.5. The summed E-state index contributed by atoms with van der Waals surface area (Å²) in [6, 6.07) is 7.16. The largest absolute Gasteiger partial charge is 0.294 e. The lowest BCUT2D eigenvalue weighted by Crippen LogP contribution is -2.06. The molecule has 0 saturated carbocycles. The predicted molar refractivity (Wildman–Crippen MR) is 73.5 cm³/mol. The standard InChI is InChI=1S/C14H8F3IO/c15-9-2-3-10(13(18)7-9)14(19)6-8-1-4-11(16)12(17)5-8/h1-5,7H,6H2. The van der Waals surface area contributed by atoms with Gasteiger partial charge in [-0.1, -0.05) is 6.07 Å². The van der Waals surface area contributed by atoms with E-state index in [1.54, 1.807) is 0 Å². The van der Waals surface area contributed by atoms with Crippen molar-refractivity contribution in [2.45, 2.75) is 6.42 Å². The minimum atomic E-state index is -0.987. The SMILES string of the molecule is O=C(Cc1ccc(F)c(F)c1)c1ccc(F)cc1I. The highest BCUT2D eigenvalue weighted by Crippen LogP contribution is 2.17. The number of carbonyl (C=O) groups excluding carboxylic acids is 1. The maximum atomic E-state index is 13.0. The first-order valence-corrected chi connectivity index (χ1v) is 6.47. The molecule has 2 rings (SSSR count). The Kier molecular flexibility index (Phi) is 4.24. The molecule has 0 atom stereocenters. The maximum absolute atomic E-state index is 13.0. The van der Waals surface area contributed by atoms with E-state index < -0.39 is 17.5 Å². The maximum Gasteiger partial charge on any atom is 0.168 e. The van der Waals surface area contributed by atoms with Gasteiger partial charge in [-0.15, -0.1) is 0 Å². The lowest BCUT2D eigenvalue weighted by molar-refractivity contribution is 0.0992. The Morgan fingerprint density at radius 3 is 2.37 bits per heavy atom. The smallest absolute Gasteiger partial charge is 0.168 e. The molecule has 0 spiro atoms. The summed E-state index contributed by atoms with van der Waals surface area (Å²) < 4.78 is 39.2. The molecule has 1 nitrogen and oxygen atoms in total. The Bertz CT molecular complexity index is 641. The molecule has 0 saturated heterocycles. The number of carbonyl (C=O) groups is 1. The molecular formula is C14H8F3IO. The van der Waals surface area contributed by atoms with Gasteiger partial charge in [0.1, 0.15) is 5.82 Å². The molecular weight excluding hydrogens is 368 g/mol. The number of hydrogen-bond donors (Lipinski definition) is 0. The molecule has 2 aromatic rings. The molecule has 0 N–H and O–H groups in total. The van der Waals surface area contributed by atoms with Gasteiger partial charge in [-0.3, -0.25) is 4.79 Å². The average molecular weight is 376 g/mol. The number of rotatable bonds is 3. The fourth-order valence-electron chi connectivity index (χ4n) is 1.65. The molecule has 0 aliphatic carbocycles. The van der Waals surface area contributed by atoms with Gasteiger partial charge in [0.25, 0.3) is 0 Å². The predicted octanol–water partition coefficient (Wildman–Crippen LogP) is 4.13. The zero-order chi connectivity index (χ0) is 14.0. The molecule has 98 valence electrons. The summed E-state index contributed by atoms with van der Waals surface area (Å²) in [5.41, 5.74) is 0.746. The first-order chi connectivity index (χ1) is 8.97. The van der Waals surface area contributed by atoms with Crippen molar-refractivity contribution in [1.82, 2.24) is 0 Å². The molecule has 0 unspecified atom stereocenters. The van der Waals surface area contributed by atoms with E-state index in [0.717, 1.165) is 12.1 Å². The molecule has 5 heteroatoms. The molecule has 0 fully saturated rings. The van der Waals surface area contributed by atoms with E-state index in [-0.39, 0.29) is 12.2 Å². The third kappa shape index (κ3) is 3.34. The van der Waals surface area contributed by atoms with Crippen LogP contribution >= 0.6 is 22.6 Å². The summed E-state index contributed by atoms with van der Waals surface area (Å²) in [4.78, 5) is 12.0. The lowest BCUT2D eigenvalue weighted by Gasteiger charge is -2.05. The van der Waals surface area contributed by atoms with Gasteiger partial charge >= 0.3 is 0 Å².